The van der Waals surface area contributed by atoms with E-state index in [1.807, 2.05) is 42.2 Å². The van der Waals surface area contributed by atoms with Gasteiger partial charge in [0.2, 0.25) is 0 Å². The molecule has 2 fully saturated rings. The van der Waals surface area contributed by atoms with E-state index >= 15 is 0 Å². The fourth-order valence-corrected chi connectivity index (χ4v) is 4.50. The predicted molar refractivity (Wildman–Crippen MR) is 105 cm³/mol. The van der Waals surface area contributed by atoms with Gasteiger partial charge in [0.1, 0.15) is 11.4 Å². The van der Waals surface area contributed by atoms with Gasteiger partial charge in [0, 0.05) is 23.7 Å². The summed E-state index contributed by atoms with van der Waals surface area (Å²) < 4.78 is 5.48. The van der Waals surface area contributed by atoms with E-state index in [0.717, 1.165) is 55.8 Å². The lowest BCUT2D eigenvalue weighted by atomic mass is 9.77. The number of H-pyrrole nitrogens is 1. The second kappa shape index (κ2) is 7.35. The van der Waals surface area contributed by atoms with Crippen molar-refractivity contribution in [2.45, 2.75) is 51.1 Å². The van der Waals surface area contributed by atoms with Crippen molar-refractivity contribution in [1.82, 2.24) is 20.4 Å². The van der Waals surface area contributed by atoms with Gasteiger partial charge in [-0.25, -0.2) is 0 Å². The number of benzene rings is 1. The average Bonchev–Trinajstić information content (AvgIpc) is 3.17. The molecule has 2 aliphatic heterocycles. The highest BCUT2D eigenvalue weighted by molar-refractivity contribution is 5.93. The number of hydrogen-bond acceptors (Lipinski definition) is 4. The summed E-state index contributed by atoms with van der Waals surface area (Å²) in [5, 5.41) is 11.0. The van der Waals surface area contributed by atoms with Crippen LogP contribution in [0.15, 0.2) is 30.3 Å². The minimum atomic E-state index is 0.0319. The van der Waals surface area contributed by atoms with E-state index in [0.29, 0.717) is 12.3 Å². The Bertz CT molecular complexity index is 797. The van der Waals surface area contributed by atoms with Crippen molar-refractivity contribution in [2.24, 2.45) is 0 Å². The van der Waals surface area contributed by atoms with Crippen molar-refractivity contribution in [2.75, 3.05) is 19.7 Å². The number of hydrogen-bond donors (Lipinski definition) is 2. The van der Waals surface area contributed by atoms with Crippen LogP contribution in [0.25, 0.3) is 11.3 Å². The van der Waals surface area contributed by atoms with Gasteiger partial charge in [0.05, 0.1) is 12.3 Å². The Morgan fingerprint density at radius 3 is 2.93 bits per heavy atom. The molecule has 4 rings (SSSR count). The highest BCUT2D eigenvalue weighted by Gasteiger charge is 2.44. The molecule has 0 unspecified atom stereocenters. The molecular weight excluding hydrogens is 340 g/mol. The van der Waals surface area contributed by atoms with E-state index in [9.17, 15) is 4.79 Å². The van der Waals surface area contributed by atoms with Crippen LogP contribution in [0.4, 0.5) is 0 Å². The second-order valence-corrected chi connectivity index (χ2v) is 7.73. The molecule has 0 bridgehead atoms. The first-order valence-electron chi connectivity index (χ1n) is 9.95. The van der Waals surface area contributed by atoms with E-state index in [4.69, 9.17) is 4.74 Å². The maximum absolute atomic E-state index is 13.2. The third-order valence-electron chi connectivity index (χ3n) is 5.92. The maximum atomic E-state index is 13.2. The zero-order chi connectivity index (χ0) is 18.9. The smallest absolute Gasteiger partial charge is 0.272 e. The summed E-state index contributed by atoms with van der Waals surface area (Å²) in [7, 11) is 0. The summed E-state index contributed by atoms with van der Waals surface area (Å²) in [6.45, 7) is 6.73. The summed E-state index contributed by atoms with van der Waals surface area (Å²) >= 11 is 0. The topological polar surface area (TPSA) is 70.2 Å². The van der Waals surface area contributed by atoms with Crippen molar-refractivity contribution in [1.29, 1.82) is 0 Å². The molecule has 6 heteroatoms. The minimum absolute atomic E-state index is 0.0319. The zero-order valence-corrected chi connectivity index (χ0v) is 16.1. The van der Waals surface area contributed by atoms with Crippen LogP contribution in [-0.2, 0) is 0 Å². The molecule has 0 radical (unpaired) electrons. The van der Waals surface area contributed by atoms with Gasteiger partial charge < -0.3 is 15.0 Å². The summed E-state index contributed by atoms with van der Waals surface area (Å²) in [5.41, 5.74) is 2.35. The lowest BCUT2D eigenvalue weighted by molar-refractivity contribution is 0.0249. The van der Waals surface area contributed by atoms with Crippen molar-refractivity contribution in [3.05, 3.63) is 36.0 Å². The number of aromatic nitrogens is 2. The van der Waals surface area contributed by atoms with Crippen LogP contribution in [0.1, 0.15) is 50.0 Å². The molecule has 1 aromatic carbocycles. The van der Waals surface area contributed by atoms with Crippen molar-refractivity contribution >= 4 is 5.91 Å². The number of fused-ring (bicyclic) bond motifs is 1. The lowest BCUT2D eigenvalue weighted by Gasteiger charge is -2.51. The molecule has 1 amide bonds. The van der Waals surface area contributed by atoms with Crippen molar-refractivity contribution in [3.63, 3.8) is 0 Å². The van der Waals surface area contributed by atoms with Gasteiger partial charge in [0.25, 0.3) is 5.91 Å². The van der Waals surface area contributed by atoms with E-state index in [-0.39, 0.29) is 17.5 Å². The number of aromatic amines is 1. The van der Waals surface area contributed by atoms with Gasteiger partial charge in [-0.15, -0.1) is 0 Å². The van der Waals surface area contributed by atoms with Crippen LogP contribution in [0, 0.1) is 0 Å². The minimum Gasteiger partial charge on any atom is -0.494 e. The Morgan fingerprint density at radius 1 is 1.33 bits per heavy atom. The second-order valence-electron chi connectivity index (χ2n) is 7.73. The predicted octanol–water partition coefficient (Wildman–Crippen LogP) is 3.22. The van der Waals surface area contributed by atoms with Crippen LogP contribution in [0.5, 0.6) is 5.75 Å². The molecular formula is C21H28N4O2. The molecule has 2 saturated heterocycles. The number of nitrogens with zero attached hydrogens (tertiary/aromatic N) is 2. The average molecular weight is 368 g/mol. The number of amides is 1. The van der Waals surface area contributed by atoms with E-state index < -0.39 is 0 Å². The normalized spacial score (nSPS) is 25.1. The summed E-state index contributed by atoms with van der Waals surface area (Å²) in [5.74, 6) is 0.893. The molecule has 2 aromatic rings. The van der Waals surface area contributed by atoms with Gasteiger partial charge in [-0.05, 0) is 76.4 Å². The fourth-order valence-electron chi connectivity index (χ4n) is 4.50. The summed E-state index contributed by atoms with van der Waals surface area (Å²) in [6, 6.07) is 9.92. The number of piperidine rings is 2. The molecule has 144 valence electrons. The molecule has 1 aromatic heterocycles. The molecule has 6 nitrogen and oxygen atoms in total. The first-order valence-corrected chi connectivity index (χ1v) is 9.95. The number of ether oxygens (including phenoxy) is 1. The quantitative estimate of drug-likeness (QED) is 0.869. The van der Waals surface area contributed by atoms with Crippen molar-refractivity contribution < 1.29 is 9.53 Å². The highest BCUT2D eigenvalue weighted by atomic mass is 16.5. The molecule has 27 heavy (non-hydrogen) atoms. The monoisotopic (exact) mass is 368 g/mol. The van der Waals surface area contributed by atoms with Gasteiger partial charge in [0.15, 0.2) is 0 Å². The highest BCUT2D eigenvalue weighted by Crippen LogP contribution is 2.34. The van der Waals surface area contributed by atoms with E-state index in [1.165, 1.54) is 0 Å². The van der Waals surface area contributed by atoms with Gasteiger partial charge in [-0.3, -0.25) is 9.89 Å². The Hall–Kier alpha value is -2.34. The molecule has 0 saturated carbocycles. The maximum Gasteiger partial charge on any atom is 0.272 e. The largest absolute Gasteiger partial charge is 0.494 e. The van der Waals surface area contributed by atoms with Gasteiger partial charge >= 0.3 is 0 Å². The Morgan fingerprint density at radius 2 is 2.15 bits per heavy atom. The third-order valence-corrected chi connectivity index (χ3v) is 5.92. The van der Waals surface area contributed by atoms with Crippen LogP contribution < -0.4 is 10.1 Å². The summed E-state index contributed by atoms with van der Waals surface area (Å²) in [4.78, 5) is 15.2. The standard InChI is InChI=1S/C21H28N4O2/c1-3-27-16-9-7-15(8-10-16)17-14-18(24-23-17)20(26)25-13-5-11-21(2)19(25)6-4-12-22-21/h7-10,14,19,22H,3-6,11-13H2,1-2H3,(H,23,24)/t19-,21+/m1/s1. The van der Waals surface area contributed by atoms with Crippen LogP contribution in [0.3, 0.4) is 0 Å². The molecule has 0 spiro atoms. The number of likely N-dealkylation sites (tertiary alicyclic amines) is 1. The van der Waals surface area contributed by atoms with E-state index in [1.54, 1.807) is 0 Å². The van der Waals surface area contributed by atoms with Crippen molar-refractivity contribution in [3.8, 4) is 17.0 Å². The van der Waals surface area contributed by atoms with E-state index in [2.05, 4.69) is 22.4 Å². The third kappa shape index (κ3) is 3.46. The van der Waals surface area contributed by atoms with Gasteiger partial charge in [-0.2, -0.15) is 5.10 Å². The first-order chi connectivity index (χ1) is 13.1. The van der Waals surface area contributed by atoms with Gasteiger partial charge in [-0.1, -0.05) is 0 Å². The lowest BCUT2D eigenvalue weighted by Crippen LogP contribution is -2.65. The first kappa shape index (κ1) is 18.0. The number of carbonyl (C=O) groups is 1. The summed E-state index contributed by atoms with van der Waals surface area (Å²) in [6.07, 6.45) is 4.34. The van der Waals surface area contributed by atoms with Crippen LogP contribution in [0.2, 0.25) is 0 Å². The van der Waals surface area contributed by atoms with Crippen LogP contribution >= 0.6 is 0 Å². The molecule has 2 atom stereocenters. The number of rotatable bonds is 4. The fraction of sp³-hybridized carbons (Fsp3) is 0.524. The Kier molecular flexibility index (Phi) is 4.91. The molecule has 3 heterocycles. The number of nitrogens with one attached hydrogen (secondary N) is 2. The zero-order valence-electron chi connectivity index (χ0n) is 16.1. The SMILES string of the molecule is CCOc1ccc(-c2cc(C(=O)N3CCC[C@]4(C)NCCC[C@@H]34)[nH]n2)cc1. The molecule has 0 aliphatic carbocycles. The molecule has 2 aliphatic rings. The number of carbonyl (C=O) groups excluding carboxylic acids is 1. The van der Waals surface area contributed by atoms with Crippen LogP contribution in [-0.4, -0.2) is 52.3 Å². The molecule has 2 N–H and O–H groups in total. The Balaban J connectivity index is 1.53. The Labute approximate surface area is 160 Å².